The van der Waals surface area contributed by atoms with Crippen molar-refractivity contribution >= 4 is 39.2 Å². The number of rotatable bonds is 40. The third-order valence-corrected chi connectivity index (χ3v) is 13.5. The van der Waals surface area contributed by atoms with Gasteiger partial charge in [0, 0.05) is 25.5 Å². The number of aliphatic hydroxyl groups excluding tert-OH is 2. The van der Waals surface area contributed by atoms with Crippen LogP contribution in [0.4, 0.5) is 5.82 Å². The van der Waals surface area contributed by atoms with Gasteiger partial charge in [-0.1, -0.05) is 121 Å². The number of unbranched alkanes of at least 4 members (excludes halogenated alkanes) is 15. The molecule has 1 aliphatic heterocycles. The monoisotopic (exact) mass is 1020 g/mol. The number of aliphatic hydroxyl groups is 2. The van der Waals surface area contributed by atoms with Crippen LogP contribution in [0.2, 0.25) is 0 Å². The summed E-state index contributed by atoms with van der Waals surface area (Å²) in [6, 6.07) is 1.24. The summed E-state index contributed by atoms with van der Waals surface area (Å²) in [5.74, 6) is -1.35. The minimum absolute atomic E-state index is 0.00802. The van der Waals surface area contributed by atoms with Gasteiger partial charge in [0.25, 0.3) is 0 Å². The highest BCUT2D eigenvalue weighted by Crippen LogP contribution is 2.60. The van der Waals surface area contributed by atoms with Gasteiger partial charge in [0.1, 0.15) is 30.7 Å². The van der Waals surface area contributed by atoms with Crippen LogP contribution in [0.5, 0.6) is 0 Å². The smallest absolute Gasteiger partial charge is 0.462 e. The van der Waals surface area contributed by atoms with E-state index in [9.17, 15) is 48.3 Å². The molecule has 0 aliphatic carbocycles. The van der Waals surface area contributed by atoms with Crippen LogP contribution in [0.15, 0.2) is 65.7 Å². The Morgan fingerprint density at radius 1 is 0.739 bits per heavy atom. The molecule has 1 aromatic rings. The standard InChI is InChI=1S/C48H79N3O16P2/c1-3-5-7-9-11-12-13-14-15-16-17-18-20-24-29-33-44(54)65-40(36-62-43(53)32-28-25-21-23-27-31-39(52)30-26-22-19-10-8-6-4-2)37-63-68(58,59)67-69(60,61)64-38-41-45(55)46(56)47(66-41)51-35-34-42(49)50-48(51)57/h11-12,14-15,19,22,26,30,34-35,40-41,45-47,55-56H,3-10,13,16-18,20-21,23-25,27-29,31-33,36-38H2,1-2H3,(H,58,59)(H,60,61)(H2,49,50,57)/b12-11-,15-14-,22-19-,30-26+/t40-,41-,45-,46-,47-/m1/s1. The Morgan fingerprint density at radius 2 is 1.30 bits per heavy atom. The van der Waals surface area contributed by atoms with Crippen LogP contribution < -0.4 is 11.4 Å². The van der Waals surface area contributed by atoms with E-state index in [0.29, 0.717) is 25.7 Å². The summed E-state index contributed by atoms with van der Waals surface area (Å²) in [5, 5.41) is 20.9. The van der Waals surface area contributed by atoms with E-state index in [-0.39, 0.29) is 24.4 Å². The van der Waals surface area contributed by atoms with E-state index in [1.807, 2.05) is 6.08 Å². The average molecular weight is 1020 g/mol. The van der Waals surface area contributed by atoms with Crippen LogP contribution in [0, 0.1) is 0 Å². The number of anilines is 1. The van der Waals surface area contributed by atoms with Gasteiger partial charge < -0.3 is 39.9 Å². The molecular weight excluding hydrogens is 936 g/mol. The summed E-state index contributed by atoms with van der Waals surface area (Å²) in [4.78, 5) is 73.9. The molecule has 1 aliphatic rings. The number of phosphoric ester groups is 2. The SMILES string of the molecule is CCCCC/C=C\C=C\C(=O)CCCCCCCC(=O)OC[C@H](COP(=O)(O)OP(=O)(O)OC[C@H]1O[C@@H](n2ccc(N)nc2=O)[C@H](O)[C@@H]1O)OC(=O)CCCCCCC/C=C\C/C=C\CCCCC. The van der Waals surface area contributed by atoms with E-state index in [2.05, 4.69) is 53.5 Å². The molecule has 21 heteroatoms. The third-order valence-electron chi connectivity index (χ3n) is 10.9. The minimum Gasteiger partial charge on any atom is -0.462 e. The van der Waals surface area contributed by atoms with Gasteiger partial charge in [-0.3, -0.25) is 28.0 Å². The topological polar surface area (TPSA) is 283 Å². The lowest BCUT2D eigenvalue weighted by Gasteiger charge is -2.21. The summed E-state index contributed by atoms with van der Waals surface area (Å²) in [5.41, 5.74) is 4.57. The van der Waals surface area contributed by atoms with Crippen molar-refractivity contribution in [2.45, 2.75) is 192 Å². The summed E-state index contributed by atoms with van der Waals surface area (Å²) in [7, 11) is -10.9. The number of allylic oxidation sites excluding steroid dienone is 8. The zero-order chi connectivity index (χ0) is 50.8. The molecule has 6 N–H and O–H groups in total. The highest BCUT2D eigenvalue weighted by Gasteiger charge is 2.46. The van der Waals surface area contributed by atoms with E-state index < -0.39 is 83.7 Å². The van der Waals surface area contributed by atoms with E-state index in [0.717, 1.165) is 94.2 Å². The minimum atomic E-state index is -5.45. The van der Waals surface area contributed by atoms with Crippen molar-refractivity contribution in [1.82, 2.24) is 9.55 Å². The van der Waals surface area contributed by atoms with Gasteiger partial charge in [0.05, 0.1) is 13.2 Å². The molecule has 1 fully saturated rings. The summed E-state index contributed by atoms with van der Waals surface area (Å²) < 4.78 is 56.6. The number of hydrogen-bond acceptors (Lipinski definition) is 16. The molecule has 2 unspecified atom stereocenters. The third kappa shape index (κ3) is 29.4. The molecule has 0 bridgehead atoms. The van der Waals surface area contributed by atoms with Gasteiger partial charge in [-0.25, -0.2) is 13.9 Å². The zero-order valence-electron chi connectivity index (χ0n) is 40.6. The van der Waals surface area contributed by atoms with Crippen molar-refractivity contribution in [3.05, 3.63) is 71.4 Å². The summed E-state index contributed by atoms with van der Waals surface area (Å²) >= 11 is 0. The Hall–Kier alpha value is -3.61. The first-order valence-electron chi connectivity index (χ1n) is 24.6. The van der Waals surface area contributed by atoms with Crippen LogP contribution in [-0.2, 0) is 51.1 Å². The lowest BCUT2D eigenvalue weighted by atomic mass is 10.1. The van der Waals surface area contributed by atoms with Crippen molar-refractivity contribution in [2.75, 3.05) is 25.6 Å². The molecule has 392 valence electrons. The number of nitrogen functional groups attached to an aromatic ring is 1. The van der Waals surface area contributed by atoms with E-state index in [1.165, 1.54) is 31.7 Å². The molecule has 1 aromatic heterocycles. The van der Waals surface area contributed by atoms with Gasteiger partial charge in [0.15, 0.2) is 18.1 Å². The molecule has 0 spiro atoms. The second-order valence-corrected chi connectivity index (χ2v) is 20.0. The predicted octanol–water partition coefficient (Wildman–Crippen LogP) is 8.96. The molecule has 69 heavy (non-hydrogen) atoms. The average Bonchev–Trinajstić information content (AvgIpc) is 3.58. The highest BCUT2D eigenvalue weighted by atomic mass is 31.3. The molecule has 0 radical (unpaired) electrons. The first kappa shape index (κ1) is 61.5. The largest absolute Gasteiger partial charge is 0.481 e. The maximum Gasteiger partial charge on any atom is 0.481 e. The molecule has 2 heterocycles. The molecule has 19 nitrogen and oxygen atoms in total. The Labute approximate surface area is 407 Å². The summed E-state index contributed by atoms with van der Waals surface area (Å²) in [6.45, 7) is 1.94. The Balaban J connectivity index is 1.84. The van der Waals surface area contributed by atoms with Gasteiger partial charge >= 0.3 is 33.3 Å². The fraction of sp³-hybridized carbons (Fsp3) is 0.688. The Kier molecular flexibility index (Phi) is 32.4. The lowest BCUT2D eigenvalue weighted by Crippen LogP contribution is -2.36. The molecule has 0 aromatic carbocycles. The number of carbonyl (C=O) groups is 3. The molecule has 0 saturated carbocycles. The fourth-order valence-electron chi connectivity index (χ4n) is 6.97. The Morgan fingerprint density at radius 3 is 1.94 bits per heavy atom. The van der Waals surface area contributed by atoms with Crippen LogP contribution in [0.25, 0.3) is 0 Å². The predicted molar refractivity (Wildman–Crippen MR) is 261 cm³/mol. The number of esters is 2. The molecular formula is C48H79N3O16P2. The molecule has 0 amide bonds. The van der Waals surface area contributed by atoms with Gasteiger partial charge in [0.2, 0.25) is 0 Å². The number of hydrogen-bond donors (Lipinski definition) is 5. The fourth-order valence-corrected chi connectivity index (χ4v) is 9.08. The molecule has 1 saturated heterocycles. The first-order valence-corrected chi connectivity index (χ1v) is 27.6. The lowest BCUT2D eigenvalue weighted by molar-refractivity contribution is -0.161. The van der Waals surface area contributed by atoms with Crippen molar-refractivity contribution in [2.24, 2.45) is 0 Å². The first-order chi connectivity index (χ1) is 33.1. The van der Waals surface area contributed by atoms with Crippen molar-refractivity contribution in [1.29, 1.82) is 0 Å². The molecule has 2 rings (SSSR count). The van der Waals surface area contributed by atoms with Crippen LogP contribution in [-0.4, -0.2) is 91.5 Å². The maximum atomic E-state index is 12.8. The van der Waals surface area contributed by atoms with Crippen molar-refractivity contribution in [3.63, 3.8) is 0 Å². The number of nitrogens with zero attached hydrogens (tertiary/aromatic N) is 2. The molecule has 7 atom stereocenters. The normalized spacial score (nSPS) is 19.7. The highest BCUT2D eigenvalue weighted by molar-refractivity contribution is 7.61. The number of ether oxygens (including phenoxy) is 3. The second-order valence-electron chi connectivity index (χ2n) is 17.0. The van der Waals surface area contributed by atoms with E-state index in [1.54, 1.807) is 12.2 Å². The Bertz CT molecular complexity index is 1910. The van der Waals surface area contributed by atoms with Gasteiger partial charge in [-0.15, -0.1) is 0 Å². The number of ketones is 1. The van der Waals surface area contributed by atoms with Gasteiger partial charge in [-0.05, 0) is 76.4 Å². The number of nitrogens with two attached hydrogens (primary N) is 1. The number of aromatic nitrogens is 2. The van der Waals surface area contributed by atoms with E-state index >= 15 is 0 Å². The zero-order valence-corrected chi connectivity index (χ0v) is 42.4. The van der Waals surface area contributed by atoms with Crippen LogP contribution >= 0.6 is 15.6 Å². The van der Waals surface area contributed by atoms with Crippen LogP contribution in [0.1, 0.15) is 168 Å². The quantitative estimate of drug-likeness (QED) is 0.0102. The van der Waals surface area contributed by atoms with Crippen molar-refractivity contribution in [3.8, 4) is 0 Å². The number of phosphoric acid groups is 2. The number of carbonyl (C=O) groups excluding carboxylic acids is 3. The van der Waals surface area contributed by atoms with Gasteiger partial charge in [-0.2, -0.15) is 9.29 Å². The van der Waals surface area contributed by atoms with E-state index in [4.69, 9.17) is 29.0 Å². The van der Waals surface area contributed by atoms with Crippen molar-refractivity contribution < 1.29 is 71.1 Å². The second kappa shape index (κ2) is 36.3. The van der Waals surface area contributed by atoms with Crippen LogP contribution in [0.3, 0.4) is 0 Å². The maximum absolute atomic E-state index is 12.8. The summed E-state index contributed by atoms with van der Waals surface area (Å²) in [6.07, 6.45) is 28.7.